The van der Waals surface area contributed by atoms with Crippen molar-refractivity contribution in [1.29, 1.82) is 0 Å². The predicted octanol–water partition coefficient (Wildman–Crippen LogP) is 4.08. The zero-order valence-electron chi connectivity index (χ0n) is 9.45. The van der Waals surface area contributed by atoms with Gasteiger partial charge in [-0.3, -0.25) is 0 Å². The summed E-state index contributed by atoms with van der Waals surface area (Å²) in [5, 5.41) is 0. The summed E-state index contributed by atoms with van der Waals surface area (Å²) in [6, 6.07) is 6.64. The maximum absolute atomic E-state index is 5.45. The van der Waals surface area contributed by atoms with Crippen molar-refractivity contribution in [2.45, 2.75) is 31.6 Å². The maximum Gasteiger partial charge on any atom is 0.0216 e. The molecule has 86 valence electrons. The van der Waals surface area contributed by atoms with Gasteiger partial charge in [-0.15, -0.1) is 0 Å². The molecule has 1 aliphatic rings. The second-order valence-corrected chi connectivity index (χ2v) is 5.25. The van der Waals surface area contributed by atoms with Crippen LogP contribution in [0.4, 0.5) is 0 Å². The molecule has 1 nitrogen and oxygen atoms in total. The van der Waals surface area contributed by atoms with E-state index in [0.717, 1.165) is 5.92 Å². The standard InChI is InChI=1S/C14H18BrN/c15-14-10-11(4-3-9-16)7-8-13(14)12-5-1-2-6-12/h3-4,7-8,10,12H,1-2,5-6,9,16H2/b4-3+. The van der Waals surface area contributed by atoms with Crippen LogP contribution < -0.4 is 5.73 Å². The smallest absolute Gasteiger partial charge is 0.0216 e. The number of benzene rings is 1. The molecule has 2 N–H and O–H groups in total. The van der Waals surface area contributed by atoms with Gasteiger partial charge in [0.15, 0.2) is 0 Å². The first-order chi connectivity index (χ1) is 7.81. The Bertz CT molecular complexity index is 378. The van der Waals surface area contributed by atoms with Gasteiger partial charge in [0, 0.05) is 11.0 Å². The molecule has 1 aromatic carbocycles. The second-order valence-electron chi connectivity index (χ2n) is 4.40. The van der Waals surface area contributed by atoms with Crippen molar-refractivity contribution in [2.75, 3.05) is 6.54 Å². The van der Waals surface area contributed by atoms with E-state index in [-0.39, 0.29) is 0 Å². The number of halogens is 1. The van der Waals surface area contributed by atoms with Crippen molar-refractivity contribution in [3.05, 3.63) is 39.9 Å². The fourth-order valence-electron chi connectivity index (χ4n) is 2.42. The highest BCUT2D eigenvalue weighted by Crippen LogP contribution is 2.37. The summed E-state index contributed by atoms with van der Waals surface area (Å²) in [4.78, 5) is 0. The molecule has 0 unspecified atom stereocenters. The number of nitrogens with two attached hydrogens (primary N) is 1. The number of hydrogen-bond acceptors (Lipinski definition) is 1. The SMILES string of the molecule is NC/C=C/c1ccc(C2CCCC2)c(Br)c1. The van der Waals surface area contributed by atoms with Crippen LogP contribution in [-0.2, 0) is 0 Å². The highest BCUT2D eigenvalue weighted by Gasteiger charge is 2.18. The van der Waals surface area contributed by atoms with Crippen LogP contribution in [-0.4, -0.2) is 6.54 Å². The Kier molecular flexibility index (Phi) is 4.19. The third-order valence-corrected chi connectivity index (χ3v) is 3.95. The molecule has 2 heteroatoms. The maximum atomic E-state index is 5.45. The molecule has 0 aromatic heterocycles. The molecule has 0 bridgehead atoms. The van der Waals surface area contributed by atoms with Gasteiger partial charge in [0.2, 0.25) is 0 Å². The van der Waals surface area contributed by atoms with Crippen LogP contribution in [0.3, 0.4) is 0 Å². The lowest BCUT2D eigenvalue weighted by atomic mass is 9.96. The highest BCUT2D eigenvalue weighted by atomic mass is 79.9. The predicted molar refractivity (Wildman–Crippen MR) is 73.4 cm³/mol. The molecule has 0 spiro atoms. The average Bonchev–Trinajstić information content (AvgIpc) is 2.80. The summed E-state index contributed by atoms with van der Waals surface area (Å²) in [7, 11) is 0. The van der Waals surface area contributed by atoms with Crippen molar-refractivity contribution in [3.63, 3.8) is 0 Å². The molecular weight excluding hydrogens is 262 g/mol. The van der Waals surface area contributed by atoms with Gasteiger partial charge in [-0.2, -0.15) is 0 Å². The monoisotopic (exact) mass is 279 g/mol. The lowest BCUT2D eigenvalue weighted by molar-refractivity contribution is 0.720. The van der Waals surface area contributed by atoms with Crippen LogP contribution in [0.25, 0.3) is 6.08 Å². The minimum Gasteiger partial charge on any atom is -0.327 e. The molecule has 0 radical (unpaired) electrons. The Hall–Kier alpha value is -0.600. The fraction of sp³-hybridized carbons (Fsp3) is 0.429. The molecule has 16 heavy (non-hydrogen) atoms. The summed E-state index contributed by atoms with van der Waals surface area (Å²) in [6.07, 6.45) is 9.51. The van der Waals surface area contributed by atoms with Gasteiger partial charge in [0.25, 0.3) is 0 Å². The first-order valence-corrected chi connectivity index (χ1v) is 6.76. The minimum atomic E-state index is 0.599. The first-order valence-electron chi connectivity index (χ1n) is 5.97. The van der Waals surface area contributed by atoms with E-state index in [4.69, 9.17) is 5.73 Å². The molecule has 0 amide bonds. The lowest BCUT2D eigenvalue weighted by Crippen LogP contribution is -1.94. The van der Waals surface area contributed by atoms with Gasteiger partial charge >= 0.3 is 0 Å². The Morgan fingerprint density at radius 3 is 2.69 bits per heavy atom. The molecule has 0 aliphatic heterocycles. The summed E-state index contributed by atoms with van der Waals surface area (Å²) in [6.45, 7) is 0.599. The third-order valence-electron chi connectivity index (χ3n) is 3.27. The van der Waals surface area contributed by atoms with Gasteiger partial charge in [0.05, 0.1) is 0 Å². The molecular formula is C14H18BrN. The van der Waals surface area contributed by atoms with E-state index >= 15 is 0 Å². The van der Waals surface area contributed by atoms with Crippen molar-refractivity contribution < 1.29 is 0 Å². The van der Waals surface area contributed by atoms with Gasteiger partial charge in [-0.05, 0) is 36.0 Å². The summed E-state index contributed by atoms with van der Waals surface area (Å²) in [5.41, 5.74) is 8.14. The fourth-order valence-corrected chi connectivity index (χ4v) is 3.14. The van der Waals surface area contributed by atoms with Crippen molar-refractivity contribution in [1.82, 2.24) is 0 Å². The third kappa shape index (κ3) is 2.74. The number of rotatable bonds is 3. The van der Waals surface area contributed by atoms with E-state index < -0.39 is 0 Å². The summed E-state index contributed by atoms with van der Waals surface area (Å²) < 4.78 is 1.25. The zero-order valence-corrected chi connectivity index (χ0v) is 11.0. The van der Waals surface area contributed by atoms with E-state index in [2.05, 4.69) is 40.2 Å². The molecule has 1 fully saturated rings. The highest BCUT2D eigenvalue weighted by molar-refractivity contribution is 9.10. The molecule has 0 heterocycles. The summed E-state index contributed by atoms with van der Waals surface area (Å²) in [5.74, 6) is 0.766. The van der Waals surface area contributed by atoms with E-state index in [1.54, 1.807) is 0 Å². The van der Waals surface area contributed by atoms with Crippen molar-refractivity contribution >= 4 is 22.0 Å². The first kappa shape index (κ1) is 11.9. The molecule has 1 aromatic rings. The Morgan fingerprint density at radius 1 is 1.31 bits per heavy atom. The molecule has 1 aliphatic carbocycles. The van der Waals surface area contributed by atoms with E-state index in [9.17, 15) is 0 Å². The second kappa shape index (κ2) is 5.65. The molecule has 0 atom stereocenters. The van der Waals surface area contributed by atoms with E-state index in [0.29, 0.717) is 6.54 Å². The Morgan fingerprint density at radius 2 is 2.06 bits per heavy atom. The molecule has 2 rings (SSSR count). The number of hydrogen-bond donors (Lipinski definition) is 1. The van der Waals surface area contributed by atoms with Gasteiger partial charge in [-0.25, -0.2) is 0 Å². The van der Waals surface area contributed by atoms with Crippen LogP contribution >= 0.6 is 15.9 Å². The molecule has 0 saturated heterocycles. The van der Waals surface area contributed by atoms with Crippen LogP contribution in [0.15, 0.2) is 28.7 Å². The van der Waals surface area contributed by atoms with E-state index in [1.165, 1.54) is 41.3 Å². The van der Waals surface area contributed by atoms with Crippen LogP contribution in [0.1, 0.15) is 42.7 Å². The Labute approximate surface area is 106 Å². The van der Waals surface area contributed by atoms with Crippen molar-refractivity contribution in [3.8, 4) is 0 Å². The molecule has 1 saturated carbocycles. The largest absolute Gasteiger partial charge is 0.327 e. The topological polar surface area (TPSA) is 26.0 Å². The van der Waals surface area contributed by atoms with Gasteiger partial charge in [-0.1, -0.05) is 53.1 Å². The van der Waals surface area contributed by atoms with Gasteiger partial charge < -0.3 is 5.73 Å². The van der Waals surface area contributed by atoms with Crippen molar-refractivity contribution in [2.24, 2.45) is 5.73 Å². The Balaban J connectivity index is 2.18. The van der Waals surface area contributed by atoms with Crippen LogP contribution in [0, 0.1) is 0 Å². The summed E-state index contributed by atoms with van der Waals surface area (Å²) >= 11 is 3.68. The lowest BCUT2D eigenvalue weighted by Gasteiger charge is -2.12. The quantitative estimate of drug-likeness (QED) is 0.887. The average molecular weight is 280 g/mol. The zero-order chi connectivity index (χ0) is 11.4. The normalized spacial score (nSPS) is 17.4. The van der Waals surface area contributed by atoms with Gasteiger partial charge in [0.1, 0.15) is 0 Å². The van der Waals surface area contributed by atoms with E-state index in [1.807, 2.05) is 6.08 Å². The minimum absolute atomic E-state index is 0.599. The van der Waals surface area contributed by atoms with Crippen LogP contribution in [0.2, 0.25) is 0 Å². The van der Waals surface area contributed by atoms with Crippen LogP contribution in [0.5, 0.6) is 0 Å².